The number of carbonyl (C=O) groups is 1. The number of hydrogen-bond donors (Lipinski definition) is 2. The highest BCUT2D eigenvalue weighted by Crippen LogP contribution is 2.32. The first kappa shape index (κ1) is 23.2. The SMILES string of the molecule is Cc1c[nH]c2nccc(Oc3ccc(C[C@H](N)C(=O)N(C)CC4CCN(C)CC4)cc3F)c12. The second-order valence-electron chi connectivity index (χ2n) is 9.15. The summed E-state index contributed by atoms with van der Waals surface area (Å²) in [5.41, 5.74) is 8.51. The van der Waals surface area contributed by atoms with E-state index in [0.717, 1.165) is 36.9 Å². The van der Waals surface area contributed by atoms with Crippen molar-refractivity contribution in [2.45, 2.75) is 32.2 Å². The van der Waals surface area contributed by atoms with E-state index >= 15 is 0 Å². The summed E-state index contributed by atoms with van der Waals surface area (Å²) >= 11 is 0. The molecule has 0 aliphatic carbocycles. The van der Waals surface area contributed by atoms with Crippen LogP contribution < -0.4 is 10.5 Å². The van der Waals surface area contributed by atoms with Crippen LogP contribution in [0.2, 0.25) is 0 Å². The van der Waals surface area contributed by atoms with Crippen LogP contribution in [0.1, 0.15) is 24.0 Å². The molecule has 4 rings (SSSR count). The van der Waals surface area contributed by atoms with Gasteiger partial charge in [-0.3, -0.25) is 4.79 Å². The fourth-order valence-electron chi connectivity index (χ4n) is 4.49. The Balaban J connectivity index is 1.38. The number of nitrogens with zero attached hydrogens (tertiary/aromatic N) is 3. The minimum Gasteiger partial charge on any atom is -0.453 e. The van der Waals surface area contributed by atoms with E-state index in [4.69, 9.17) is 10.5 Å². The van der Waals surface area contributed by atoms with Crippen molar-refractivity contribution in [3.8, 4) is 11.5 Å². The van der Waals surface area contributed by atoms with E-state index in [1.165, 1.54) is 6.07 Å². The van der Waals surface area contributed by atoms with E-state index in [1.54, 1.807) is 36.3 Å². The van der Waals surface area contributed by atoms with Gasteiger partial charge < -0.3 is 25.3 Å². The van der Waals surface area contributed by atoms with Crippen molar-refractivity contribution in [1.82, 2.24) is 19.8 Å². The number of pyridine rings is 1. The number of aromatic nitrogens is 2. The Kier molecular flexibility index (Phi) is 6.95. The van der Waals surface area contributed by atoms with Crippen LogP contribution in [0, 0.1) is 18.7 Å². The number of rotatable bonds is 7. The zero-order valence-electron chi connectivity index (χ0n) is 19.5. The van der Waals surface area contributed by atoms with Crippen LogP contribution in [0.15, 0.2) is 36.7 Å². The molecule has 7 nitrogen and oxygen atoms in total. The molecule has 0 radical (unpaired) electrons. The number of aryl methyl sites for hydroxylation is 1. The highest BCUT2D eigenvalue weighted by Gasteiger charge is 2.24. The fourth-order valence-corrected chi connectivity index (χ4v) is 4.49. The van der Waals surface area contributed by atoms with Crippen LogP contribution in [-0.2, 0) is 11.2 Å². The molecule has 176 valence electrons. The molecular weight excluding hydrogens is 421 g/mol. The molecule has 1 aliphatic heterocycles. The first-order valence-electron chi connectivity index (χ1n) is 11.4. The van der Waals surface area contributed by atoms with Crippen molar-refractivity contribution in [1.29, 1.82) is 0 Å². The number of aromatic amines is 1. The Morgan fingerprint density at radius 3 is 2.82 bits per heavy atom. The smallest absolute Gasteiger partial charge is 0.239 e. The predicted octanol–water partition coefficient (Wildman–Crippen LogP) is 3.47. The molecule has 33 heavy (non-hydrogen) atoms. The molecule has 3 N–H and O–H groups in total. The van der Waals surface area contributed by atoms with Gasteiger partial charge in [-0.15, -0.1) is 0 Å². The molecule has 0 unspecified atom stereocenters. The van der Waals surface area contributed by atoms with Gasteiger partial charge in [0.25, 0.3) is 0 Å². The van der Waals surface area contributed by atoms with Gasteiger partial charge in [-0.05, 0) is 81.6 Å². The summed E-state index contributed by atoms with van der Waals surface area (Å²) in [4.78, 5) is 24.1. The molecule has 3 heterocycles. The van der Waals surface area contributed by atoms with Crippen LogP contribution in [-0.4, -0.2) is 65.4 Å². The minimum absolute atomic E-state index is 0.114. The van der Waals surface area contributed by atoms with Gasteiger partial charge >= 0.3 is 0 Å². The Morgan fingerprint density at radius 2 is 2.09 bits per heavy atom. The number of amides is 1. The number of halogens is 1. The van der Waals surface area contributed by atoms with Crippen molar-refractivity contribution in [2.75, 3.05) is 33.7 Å². The third-order valence-corrected chi connectivity index (χ3v) is 6.47. The number of ether oxygens (including phenoxy) is 1. The second kappa shape index (κ2) is 9.89. The summed E-state index contributed by atoms with van der Waals surface area (Å²) in [6, 6.07) is 5.73. The van der Waals surface area contributed by atoms with Gasteiger partial charge in [0.05, 0.1) is 11.4 Å². The van der Waals surface area contributed by atoms with Gasteiger partial charge in [-0.1, -0.05) is 6.07 Å². The lowest BCUT2D eigenvalue weighted by Gasteiger charge is -2.32. The quantitative estimate of drug-likeness (QED) is 0.572. The van der Waals surface area contributed by atoms with Crippen LogP contribution in [0.3, 0.4) is 0 Å². The highest BCUT2D eigenvalue weighted by atomic mass is 19.1. The van der Waals surface area contributed by atoms with Crippen LogP contribution in [0.4, 0.5) is 4.39 Å². The molecule has 1 fully saturated rings. The number of nitrogens with one attached hydrogen (secondary N) is 1. The van der Waals surface area contributed by atoms with Crippen molar-refractivity contribution < 1.29 is 13.9 Å². The van der Waals surface area contributed by atoms with Gasteiger partial charge in [-0.25, -0.2) is 9.37 Å². The highest BCUT2D eigenvalue weighted by molar-refractivity contribution is 5.86. The number of H-pyrrole nitrogens is 1. The first-order chi connectivity index (χ1) is 15.8. The molecule has 0 bridgehead atoms. The number of likely N-dealkylation sites (N-methyl/N-ethyl adjacent to an activating group) is 1. The Morgan fingerprint density at radius 1 is 1.33 bits per heavy atom. The molecule has 1 amide bonds. The zero-order chi connectivity index (χ0) is 23.5. The molecule has 1 saturated heterocycles. The minimum atomic E-state index is -0.713. The zero-order valence-corrected chi connectivity index (χ0v) is 19.5. The second-order valence-corrected chi connectivity index (χ2v) is 9.15. The van der Waals surface area contributed by atoms with Crippen LogP contribution in [0.25, 0.3) is 11.0 Å². The van der Waals surface area contributed by atoms with E-state index in [0.29, 0.717) is 29.4 Å². The maximum Gasteiger partial charge on any atom is 0.239 e. The number of hydrogen-bond acceptors (Lipinski definition) is 5. The van der Waals surface area contributed by atoms with Gasteiger partial charge in [0.15, 0.2) is 11.6 Å². The van der Waals surface area contributed by atoms with E-state index in [-0.39, 0.29) is 18.1 Å². The standard InChI is InChI=1S/C25H32FN5O2/c1-16-14-29-24-23(16)22(6-9-28-24)33-21-5-4-18(12-19(21)26)13-20(27)25(32)31(3)15-17-7-10-30(2)11-8-17/h4-6,9,12,14,17,20H,7-8,10-11,13,15,27H2,1-3H3,(H,28,29)/t20-/m0/s1. The number of benzene rings is 1. The molecule has 1 aromatic carbocycles. The molecule has 3 aromatic rings. The van der Waals surface area contributed by atoms with Crippen molar-refractivity contribution in [3.63, 3.8) is 0 Å². The Bertz CT molecular complexity index is 1120. The maximum atomic E-state index is 14.8. The maximum absolute atomic E-state index is 14.8. The Labute approximate surface area is 193 Å². The molecular formula is C25H32FN5O2. The summed E-state index contributed by atoms with van der Waals surface area (Å²) < 4.78 is 20.7. The number of nitrogens with two attached hydrogens (primary N) is 1. The van der Waals surface area contributed by atoms with E-state index < -0.39 is 11.9 Å². The molecule has 0 spiro atoms. The van der Waals surface area contributed by atoms with E-state index in [2.05, 4.69) is 21.9 Å². The number of carbonyl (C=O) groups excluding carboxylic acids is 1. The first-order valence-corrected chi connectivity index (χ1v) is 11.4. The van der Waals surface area contributed by atoms with Crippen molar-refractivity contribution >= 4 is 16.9 Å². The summed E-state index contributed by atoms with van der Waals surface area (Å²) in [6.45, 7) is 4.76. The summed E-state index contributed by atoms with van der Waals surface area (Å²) in [7, 11) is 3.92. The average Bonchev–Trinajstić information content (AvgIpc) is 3.18. The van der Waals surface area contributed by atoms with Gasteiger partial charge in [0.2, 0.25) is 5.91 Å². The lowest BCUT2D eigenvalue weighted by Crippen LogP contribution is -2.46. The fraction of sp³-hybridized carbons (Fsp3) is 0.440. The average molecular weight is 454 g/mol. The summed E-state index contributed by atoms with van der Waals surface area (Å²) in [5.74, 6) is 0.542. The van der Waals surface area contributed by atoms with Gasteiger partial charge in [-0.2, -0.15) is 0 Å². The number of likely N-dealkylation sites (tertiary alicyclic amines) is 1. The van der Waals surface area contributed by atoms with E-state index in [9.17, 15) is 9.18 Å². The lowest BCUT2D eigenvalue weighted by atomic mass is 9.96. The number of fused-ring (bicyclic) bond motifs is 1. The number of piperidine rings is 1. The summed E-state index contributed by atoms with van der Waals surface area (Å²) in [5, 5.41) is 0.821. The third-order valence-electron chi connectivity index (χ3n) is 6.47. The predicted molar refractivity (Wildman–Crippen MR) is 127 cm³/mol. The Hall–Kier alpha value is -2.97. The van der Waals surface area contributed by atoms with Gasteiger partial charge in [0, 0.05) is 26.0 Å². The van der Waals surface area contributed by atoms with E-state index in [1.807, 2.05) is 13.1 Å². The van der Waals surface area contributed by atoms with Crippen molar-refractivity contribution in [3.05, 3.63) is 53.6 Å². The normalized spacial score (nSPS) is 16.2. The lowest BCUT2D eigenvalue weighted by molar-refractivity contribution is -0.132. The van der Waals surface area contributed by atoms with Crippen LogP contribution >= 0.6 is 0 Å². The molecule has 0 saturated carbocycles. The molecule has 1 atom stereocenters. The van der Waals surface area contributed by atoms with Crippen LogP contribution in [0.5, 0.6) is 11.5 Å². The molecule has 8 heteroatoms. The summed E-state index contributed by atoms with van der Waals surface area (Å²) in [6.07, 6.45) is 5.90. The topological polar surface area (TPSA) is 87.5 Å². The van der Waals surface area contributed by atoms with Gasteiger partial charge in [0.1, 0.15) is 11.4 Å². The molecule has 1 aliphatic rings. The largest absolute Gasteiger partial charge is 0.453 e. The third kappa shape index (κ3) is 5.34. The molecule has 2 aromatic heterocycles. The monoisotopic (exact) mass is 453 g/mol. The van der Waals surface area contributed by atoms with Crippen molar-refractivity contribution in [2.24, 2.45) is 11.7 Å².